The number of likely N-dealkylation sites (tertiary alicyclic amines) is 1. The van der Waals surface area contributed by atoms with E-state index in [0.29, 0.717) is 5.92 Å². The minimum Gasteiger partial charge on any atom is -0.352 e. The van der Waals surface area contributed by atoms with Gasteiger partial charge in [0.25, 0.3) is 0 Å². The van der Waals surface area contributed by atoms with Crippen LogP contribution in [0.3, 0.4) is 0 Å². The third-order valence-electron chi connectivity index (χ3n) is 3.94. The number of piperidine rings is 1. The van der Waals surface area contributed by atoms with Crippen molar-refractivity contribution in [3.63, 3.8) is 0 Å². The summed E-state index contributed by atoms with van der Waals surface area (Å²) >= 11 is 0. The SMILES string of the molecule is CC(=O)N[C@H](CN1CCC(N(C)C)CC1)C(C)C. The van der Waals surface area contributed by atoms with Gasteiger partial charge < -0.3 is 15.1 Å². The molecule has 1 aliphatic heterocycles. The molecule has 1 amide bonds. The van der Waals surface area contributed by atoms with Gasteiger partial charge in [0.15, 0.2) is 0 Å². The standard InChI is InChI=1S/C14H29N3O/c1-11(2)14(15-12(3)18)10-17-8-6-13(7-9-17)16(4)5/h11,13-14H,6-10H2,1-5H3,(H,15,18)/t14-/m1/s1. The molecular formula is C14H29N3O. The molecule has 4 nitrogen and oxygen atoms in total. The van der Waals surface area contributed by atoms with Crippen molar-refractivity contribution < 1.29 is 4.79 Å². The molecule has 0 aromatic carbocycles. The van der Waals surface area contributed by atoms with Crippen molar-refractivity contribution in [3.05, 3.63) is 0 Å². The first-order valence-corrected chi connectivity index (χ1v) is 7.06. The Morgan fingerprint density at radius 2 is 1.89 bits per heavy atom. The Labute approximate surface area is 112 Å². The quantitative estimate of drug-likeness (QED) is 0.801. The maximum absolute atomic E-state index is 11.2. The molecule has 0 radical (unpaired) electrons. The van der Waals surface area contributed by atoms with E-state index in [1.165, 1.54) is 12.8 Å². The van der Waals surface area contributed by atoms with Gasteiger partial charge in [0.1, 0.15) is 0 Å². The topological polar surface area (TPSA) is 35.6 Å². The Morgan fingerprint density at radius 1 is 1.33 bits per heavy atom. The molecule has 0 saturated carbocycles. The van der Waals surface area contributed by atoms with Gasteiger partial charge in [-0.15, -0.1) is 0 Å². The van der Waals surface area contributed by atoms with E-state index in [2.05, 4.69) is 43.1 Å². The number of rotatable bonds is 5. The van der Waals surface area contributed by atoms with E-state index in [-0.39, 0.29) is 11.9 Å². The van der Waals surface area contributed by atoms with Gasteiger partial charge in [-0.25, -0.2) is 0 Å². The maximum atomic E-state index is 11.2. The zero-order valence-electron chi connectivity index (χ0n) is 12.6. The summed E-state index contributed by atoms with van der Waals surface area (Å²) in [5.74, 6) is 0.567. The van der Waals surface area contributed by atoms with Crippen LogP contribution in [0.1, 0.15) is 33.6 Å². The second kappa shape index (κ2) is 7.10. The molecule has 4 heteroatoms. The number of hydrogen-bond donors (Lipinski definition) is 1. The highest BCUT2D eigenvalue weighted by atomic mass is 16.1. The molecule has 1 aliphatic rings. The summed E-state index contributed by atoms with van der Waals surface area (Å²) in [7, 11) is 4.32. The number of carbonyl (C=O) groups excluding carboxylic acids is 1. The molecule has 1 fully saturated rings. The Kier molecular flexibility index (Phi) is 6.09. The van der Waals surface area contributed by atoms with E-state index in [1.807, 2.05) is 0 Å². The monoisotopic (exact) mass is 255 g/mol. The fourth-order valence-corrected chi connectivity index (χ4v) is 2.58. The van der Waals surface area contributed by atoms with Gasteiger partial charge in [-0.2, -0.15) is 0 Å². The third-order valence-corrected chi connectivity index (χ3v) is 3.94. The molecule has 0 aromatic rings. The van der Waals surface area contributed by atoms with Crippen molar-refractivity contribution in [2.75, 3.05) is 33.7 Å². The summed E-state index contributed by atoms with van der Waals surface area (Å²) in [4.78, 5) is 16.0. The van der Waals surface area contributed by atoms with E-state index < -0.39 is 0 Å². The van der Waals surface area contributed by atoms with Crippen molar-refractivity contribution >= 4 is 5.91 Å². The first kappa shape index (κ1) is 15.4. The molecule has 1 saturated heterocycles. The number of hydrogen-bond acceptors (Lipinski definition) is 3. The highest BCUT2D eigenvalue weighted by Crippen LogP contribution is 2.15. The lowest BCUT2D eigenvalue weighted by Gasteiger charge is -2.37. The zero-order chi connectivity index (χ0) is 13.7. The Balaban J connectivity index is 2.40. The van der Waals surface area contributed by atoms with E-state index >= 15 is 0 Å². The van der Waals surface area contributed by atoms with Crippen LogP contribution >= 0.6 is 0 Å². The van der Waals surface area contributed by atoms with Crippen molar-refractivity contribution in [3.8, 4) is 0 Å². The van der Waals surface area contributed by atoms with E-state index in [0.717, 1.165) is 25.7 Å². The van der Waals surface area contributed by atoms with Crippen LogP contribution in [-0.4, -0.2) is 61.5 Å². The number of carbonyl (C=O) groups is 1. The smallest absolute Gasteiger partial charge is 0.217 e. The summed E-state index contributed by atoms with van der Waals surface area (Å²) in [6.45, 7) is 9.22. The number of nitrogens with one attached hydrogen (secondary N) is 1. The lowest BCUT2D eigenvalue weighted by atomic mass is 10.00. The zero-order valence-corrected chi connectivity index (χ0v) is 12.6. The average Bonchev–Trinajstić information content (AvgIpc) is 2.28. The second-order valence-corrected chi connectivity index (χ2v) is 6.05. The average molecular weight is 255 g/mol. The minimum atomic E-state index is 0.0804. The molecule has 0 aromatic heterocycles. The van der Waals surface area contributed by atoms with E-state index in [9.17, 15) is 4.79 Å². The van der Waals surface area contributed by atoms with Crippen LogP contribution in [0.4, 0.5) is 0 Å². The van der Waals surface area contributed by atoms with Gasteiger partial charge in [0.05, 0.1) is 0 Å². The van der Waals surface area contributed by atoms with Crippen molar-refractivity contribution in [2.24, 2.45) is 5.92 Å². The third kappa shape index (κ3) is 4.94. The van der Waals surface area contributed by atoms with Gasteiger partial charge in [-0.1, -0.05) is 13.8 Å². The first-order valence-electron chi connectivity index (χ1n) is 7.06. The fraction of sp³-hybridized carbons (Fsp3) is 0.929. The molecule has 1 heterocycles. The summed E-state index contributed by atoms with van der Waals surface area (Å²) in [5, 5.41) is 3.07. The molecule has 0 unspecified atom stereocenters. The molecule has 1 N–H and O–H groups in total. The Morgan fingerprint density at radius 3 is 2.28 bits per heavy atom. The maximum Gasteiger partial charge on any atom is 0.217 e. The lowest BCUT2D eigenvalue weighted by molar-refractivity contribution is -0.120. The van der Waals surface area contributed by atoms with Gasteiger partial charge in [-0.05, 0) is 45.9 Å². The predicted molar refractivity (Wildman–Crippen MR) is 75.6 cm³/mol. The van der Waals surface area contributed by atoms with Gasteiger partial charge in [0.2, 0.25) is 5.91 Å². The molecule has 0 aliphatic carbocycles. The van der Waals surface area contributed by atoms with Gasteiger partial charge in [-0.3, -0.25) is 4.79 Å². The fourth-order valence-electron chi connectivity index (χ4n) is 2.58. The van der Waals surface area contributed by atoms with Crippen LogP contribution < -0.4 is 5.32 Å². The second-order valence-electron chi connectivity index (χ2n) is 6.05. The predicted octanol–water partition coefficient (Wildman–Crippen LogP) is 1.17. The normalized spacial score (nSPS) is 20.4. The summed E-state index contributed by atoms with van der Waals surface area (Å²) < 4.78 is 0. The molecule has 0 spiro atoms. The summed E-state index contributed by atoms with van der Waals surface area (Å²) in [6.07, 6.45) is 2.47. The summed E-state index contributed by atoms with van der Waals surface area (Å²) in [5.41, 5.74) is 0. The Bertz CT molecular complexity index is 258. The molecular weight excluding hydrogens is 226 g/mol. The van der Waals surface area contributed by atoms with Crippen LogP contribution in [-0.2, 0) is 4.79 Å². The van der Waals surface area contributed by atoms with Gasteiger partial charge in [0, 0.05) is 25.6 Å². The van der Waals surface area contributed by atoms with Crippen LogP contribution in [0, 0.1) is 5.92 Å². The minimum absolute atomic E-state index is 0.0804. The van der Waals surface area contributed by atoms with Crippen LogP contribution in [0.15, 0.2) is 0 Å². The highest BCUT2D eigenvalue weighted by Gasteiger charge is 2.24. The van der Waals surface area contributed by atoms with Crippen LogP contribution in [0.25, 0.3) is 0 Å². The summed E-state index contributed by atoms with van der Waals surface area (Å²) in [6, 6.07) is 0.998. The molecule has 106 valence electrons. The van der Waals surface area contributed by atoms with Crippen molar-refractivity contribution in [1.82, 2.24) is 15.1 Å². The highest BCUT2D eigenvalue weighted by molar-refractivity contribution is 5.73. The molecule has 1 atom stereocenters. The number of nitrogens with zero attached hydrogens (tertiary/aromatic N) is 2. The van der Waals surface area contributed by atoms with E-state index in [4.69, 9.17) is 0 Å². The van der Waals surface area contributed by atoms with Gasteiger partial charge >= 0.3 is 0 Å². The van der Waals surface area contributed by atoms with Crippen LogP contribution in [0.2, 0.25) is 0 Å². The van der Waals surface area contributed by atoms with Crippen LogP contribution in [0.5, 0.6) is 0 Å². The Hall–Kier alpha value is -0.610. The molecule has 18 heavy (non-hydrogen) atoms. The van der Waals surface area contributed by atoms with Crippen molar-refractivity contribution in [1.29, 1.82) is 0 Å². The van der Waals surface area contributed by atoms with Crippen molar-refractivity contribution in [2.45, 2.75) is 45.7 Å². The van der Waals surface area contributed by atoms with E-state index in [1.54, 1.807) is 6.92 Å². The lowest BCUT2D eigenvalue weighted by Crippen LogP contribution is -2.50. The number of amides is 1. The molecule has 0 bridgehead atoms. The molecule has 1 rings (SSSR count). The largest absolute Gasteiger partial charge is 0.352 e. The first-order chi connectivity index (χ1) is 8.40.